The largest absolute Gasteiger partial charge is 0.465 e. The molecule has 0 fully saturated rings. The van der Waals surface area contributed by atoms with Gasteiger partial charge in [-0.05, 0) is 12.8 Å². The second kappa shape index (κ2) is 11.5. The van der Waals surface area contributed by atoms with Crippen molar-refractivity contribution in [3.05, 3.63) is 16.4 Å². The Balaban J connectivity index is 2.72. The third kappa shape index (κ3) is 8.06. The molecule has 0 aliphatic heterocycles. The van der Waals surface area contributed by atoms with Gasteiger partial charge in [0.05, 0.1) is 19.0 Å². The van der Waals surface area contributed by atoms with Gasteiger partial charge < -0.3 is 15.2 Å². The third-order valence-electron chi connectivity index (χ3n) is 3.15. The van der Waals surface area contributed by atoms with Crippen molar-refractivity contribution in [2.45, 2.75) is 51.2 Å². The molecule has 0 aliphatic rings. The molecule has 0 unspecified atom stereocenters. The molecule has 0 amide bonds. The Hall–Kier alpha value is -2.03. The lowest BCUT2D eigenvalue weighted by molar-refractivity contribution is -0.144. The predicted molar refractivity (Wildman–Crippen MR) is 95.4 cm³/mol. The summed E-state index contributed by atoms with van der Waals surface area (Å²) < 4.78 is 11.5. The number of esters is 2. The Bertz CT molecular complexity index is 633. The Morgan fingerprint density at radius 3 is 2.36 bits per heavy atom. The van der Waals surface area contributed by atoms with Gasteiger partial charge in [-0.15, -0.1) is 0 Å². The SMILES string of the molecule is CCCCOC(=O)CSc1nc(=O)cc(N)n1CC(=O)OCCCC. The number of nitrogens with zero attached hydrogens (tertiary/aromatic N) is 2. The zero-order valence-corrected chi connectivity index (χ0v) is 15.5. The number of hydrogen-bond donors (Lipinski definition) is 1. The van der Waals surface area contributed by atoms with Gasteiger partial charge in [-0.25, -0.2) is 0 Å². The Morgan fingerprint density at radius 1 is 1.16 bits per heavy atom. The summed E-state index contributed by atoms with van der Waals surface area (Å²) in [4.78, 5) is 39.0. The zero-order chi connectivity index (χ0) is 18.7. The summed E-state index contributed by atoms with van der Waals surface area (Å²) in [5, 5.41) is 0.185. The second-order valence-electron chi connectivity index (χ2n) is 5.32. The van der Waals surface area contributed by atoms with E-state index in [1.807, 2.05) is 13.8 Å². The van der Waals surface area contributed by atoms with Gasteiger partial charge in [-0.1, -0.05) is 38.5 Å². The standard InChI is InChI=1S/C16H25N3O5S/c1-3-5-7-23-14(21)10-19-12(17)9-13(20)18-16(19)25-11-15(22)24-8-6-4-2/h9H,3-8,10-11,17H2,1-2H3. The number of rotatable bonds is 11. The minimum Gasteiger partial charge on any atom is -0.465 e. The molecule has 0 saturated carbocycles. The van der Waals surface area contributed by atoms with Gasteiger partial charge in [-0.2, -0.15) is 4.98 Å². The molecule has 0 aliphatic carbocycles. The lowest BCUT2D eigenvalue weighted by atomic mass is 10.4. The molecular formula is C16H25N3O5S. The van der Waals surface area contributed by atoms with E-state index in [1.165, 1.54) is 4.57 Å². The van der Waals surface area contributed by atoms with Crippen LogP contribution < -0.4 is 11.3 Å². The van der Waals surface area contributed by atoms with E-state index in [1.54, 1.807) is 0 Å². The fraction of sp³-hybridized carbons (Fsp3) is 0.625. The highest BCUT2D eigenvalue weighted by molar-refractivity contribution is 7.99. The van der Waals surface area contributed by atoms with Crippen LogP contribution in [-0.4, -0.2) is 40.5 Å². The van der Waals surface area contributed by atoms with Crippen LogP contribution in [0.25, 0.3) is 0 Å². The summed E-state index contributed by atoms with van der Waals surface area (Å²) in [6.45, 7) is 4.51. The van der Waals surface area contributed by atoms with Crippen molar-refractivity contribution >= 4 is 29.5 Å². The van der Waals surface area contributed by atoms with E-state index in [9.17, 15) is 14.4 Å². The van der Waals surface area contributed by atoms with E-state index in [-0.39, 0.29) is 23.3 Å². The summed E-state index contributed by atoms with van der Waals surface area (Å²) in [7, 11) is 0. The molecule has 0 saturated heterocycles. The highest BCUT2D eigenvalue weighted by Gasteiger charge is 2.15. The monoisotopic (exact) mass is 371 g/mol. The number of ether oxygens (including phenoxy) is 2. The number of carbonyl (C=O) groups is 2. The number of nitrogen functional groups attached to an aromatic ring is 1. The van der Waals surface area contributed by atoms with Crippen molar-refractivity contribution in [3.8, 4) is 0 Å². The summed E-state index contributed by atoms with van der Waals surface area (Å²) in [6, 6.07) is 1.13. The maximum atomic E-state index is 11.9. The van der Waals surface area contributed by atoms with Gasteiger partial charge in [0.25, 0.3) is 5.56 Å². The number of unbranched alkanes of at least 4 members (excludes halogenated alkanes) is 2. The topological polar surface area (TPSA) is 114 Å². The highest BCUT2D eigenvalue weighted by Crippen LogP contribution is 2.17. The van der Waals surface area contributed by atoms with E-state index in [4.69, 9.17) is 15.2 Å². The van der Waals surface area contributed by atoms with Crippen LogP contribution in [0.1, 0.15) is 39.5 Å². The summed E-state index contributed by atoms with van der Waals surface area (Å²) in [6.07, 6.45) is 3.41. The molecule has 1 aromatic rings. The summed E-state index contributed by atoms with van der Waals surface area (Å²) in [5.41, 5.74) is 5.28. The fourth-order valence-electron chi connectivity index (χ4n) is 1.77. The number of hydrogen-bond acceptors (Lipinski definition) is 8. The molecule has 0 aromatic carbocycles. The Kier molecular flexibility index (Phi) is 9.68. The smallest absolute Gasteiger partial charge is 0.326 e. The average Bonchev–Trinajstić information content (AvgIpc) is 2.56. The van der Waals surface area contributed by atoms with Crippen molar-refractivity contribution in [2.75, 3.05) is 24.7 Å². The maximum absolute atomic E-state index is 11.9. The summed E-state index contributed by atoms with van der Waals surface area (Å²) >= 11 is 1.00. The predicted octanol–water partition coefficient (Wildman–Crippen LogP) is 1.60. The van der Waals surface area contributed by atoms with Gasteiger partial charge in [0.2, 0.25) is 0 Å². The lowest BCUT2D eigenvalue weighted by Crippen LogP contribution is -2.23. The molecule has 0 spiro atoms. The van der Waals surface area contributed by atoms with E-state index in [2.05, 4.69) is 4.98 Å². The van der Waals surface area contributed by atoms with E-state index in [0.717, 1.165) is 43.5 Å². The molecule has 0 atom stereocenters. The van der Waals surface area contributed by atoms with Crippen LogP contribution in [0.3, 0.4) is 0 Å². The first kappa shape index (κ1) is 21.0. The van der Waals surface area contributed by atoms with Gasteiger partial charge in [0.15, 0.2) is 5.16 Å². The lowest BCUT2D eigenvalue weighted by Gasteiger charge is -2.14. The quantitative estimate of drug-likeness (QED) is 0.270. The van der Waals surface area contributed by atoms with Crippen LogP contribution in [-0.2, 0) is 25.6 Å². The first-order valence-electron chi connectivity index (χ1n) is 8.29. The normalized spacial score (nSPS) is 10.5. The molecule has 1 aromatic heterocycles. The van der Waals surface area contributed by atoms with Gasteiger partial charge in [0, 0.05) is 6.07 Å². The van der Waals surface area contributed by atoms with E-state index < -0.39 is 17.5 Å². The zero-order valence-electron chi connectivity index (χ0n) is 14.7. The minimum atomic E-state index is -0.532. The van der Waals surface area contributed by atoms with Crippen LogP contribution in [0.2, 0.25) is 0 Å². The maximum Gasteiger partial charge on any atom is 0.326 e. The molecular weight excluding hydrogens is 346 g/mol. The molecule has 8 nitrogen and oxygen atoms in total. The number of carbonyl (C=O) groups excluding carboxylic acids is 2. The van der Waals surface area contributed by atoms with Crippen LogP contribution in [0.15, 0.2) is 16.0 Å². The number of thioether (sulfide) groups is 1. The van der Waals surface area contributed by atoms with E-state index >= 15 is 0 Å². The molecule has 9 heteroatoms. The second-order valence-corrected chi connectivity index (χ2v) is 6.27. The Morgan fingerprint density at radius 2 is 1.76 bits per heavy atom. The molecule has 1 rings (SSSR count). The van der Waals surface area contributed by atoms with Crippen LogP contribution >= 0.6 is 11.8 Å². The highest BCUT2D eigenvalue weighted by atomic mass is 32.2. The average molecular weight is 371 g/mol. The van der Waals surface area contributed by atoms with Crippen LogP contribution in [0.4, 0.5) is 5.82 Å². The fourth-order valence-corrected chi connectivity index (χ4v) is 2.58. The van der Waals surface area contributed by atoms with E-state index in [0.29, 0.717) is 13.2 Å². The van der Waals surface area contributed by atoms with Crippen LogP contribution in [0, 0.1) is 0 Å². The minimum absolute atomic E-state index is 0.0233. The first-order chi connectivity index (χ1) is 12.0. The molecule has 0 radical (unpaired) electrons. The van der Waals surface area contributed by atoms with Crippen molar-refractivity contribution < 1.29 is 19.1 Å². The van der Waals surface area contributed by atoms with Gasteiger partial charge in [0.1, 0.15) is 12.4 Å². The first-order valence-corrected chi connectivity index (χ1v) is 9.27. The van der Waals surface area contributed by atoms with Crippen LogP contribution in [0.5, 0.6) is 0 Å². The van der Waals surface area contributed by atoms with Gasteiger partial charge in [-0.3, -0.25) is 19.0 Å². The summed E-state index contributed by atoms with van der Waals surface area (Å²) in [5.74, 6) is -0.815. The van der Waals surface area contributed by atoms with Gasteiger partial charge >= 0.3 is 11.9 Å². The van der Waals surface area contributed by atoms with Crippen molar-refractivity contribution in [1.82, 2.24) is 9.55 Å². The number of nitrogens with two attached hydrogens (primary N) is 1. The van der Waals surface area contributed by atoms with Crippen molar-refractivity contribution in [1.29, 1.82) is 0 Å². The molecule has 140 valence electrons. The molecule has 1 heterocycles. The number of aromatic nitrogens is 2. The molecule has 2 N–H and O–H groups in total. The third-order valence-corrected chi connectivity index (χ3v) is 4.10. The van der Waals surface area contributed by atoms with Crippen molar-refractivity contribution in [3.63, 3.8) is 0 Å². The molecule has 0 bridgehead atoms. The molecule has 25 heavy (non-hydrogen) atoms. The van der Waals surface area contributed by atoms with Crippen molar-refractivity contribution in [2.24, 2.45) is 0 Å². The Labute approximate surface area is 151 Å². The number of anilines is 1.